The van der Waals surface area contributed by atoms with E-state index in [0.29, 0.717) is 28.2 Å². The van der Waals surface area contributed by atoms with E-state index in [9.17, 15) is 4.79 Å². The van der Waals surface area contributed by atoms with Crippen LogP contribution in [0.25, 0.3) is 0 Å². The lowest BCUT2D eigenvalue weighted by Gasteiger charge is -2.02. The number of nitrogens with one attached hydrogen (secondary N) is 1. The molecule has 2 N–H and O–H groups in total. The van der Waals surface area contributed by atoms with E-state index in [1.54, 1.807) is 32.1 Å². The first kappa shape index (κ1) is 17.9. The summed E-state index contributed by atoms with van der Waals surface area (Å²) < 4.78 is 0. The van der Waals surface area contributed by atoms with Crippen LogP contribution in [0.4, 0.5) is 0 Å². The van der Waals surface area contributed by atoms with Crippen LogP contribution in [0.5, 0.6) is 0 Å². The molecule has 0 amide bonds. The van der Waals surface area contributed by atoms with Crippen molar-refractivity contribution in [1.29, 1.82) is 10.7 Å². The summed E-state index contributed by atoms with van der Waals surface area (Å²) in [5, 5.41) is 25.3. The molecule has 0 spiro atoms. The minimum absolute atomic E-state index is 0.315. The Morgan fingerprint density at radius 2 is 2.15 bits per heavy atom. The van der Waals surface area contributed by atoms with Gasteiger partial charge in [0.25, 0.3) is 0 Å². The molecular weight excluding hydrogens is 272 g/mol. The first-order chi connectivity index (χ1) is 9.47. The maximum absolute atomic E-state index is 11.0. The monoisotopic (exact) mass is 290 g/mol. The van der Waals surface area contributed by atoms with Gasteiger partial charge in [0.1, 0.15) is 0 Å². The summed E-state index contributed by atoms with van der Waals surface area (Å²) >= 11 is 1.21. The van der Waals surface area contributed by atoms with Gasteiger partial charge < -0.3 is 10.5 Å². The first-order valence-corrected chi connectivity index (χ1v) is 6.91. The molecule has 0 unspecified atom stereocenters. The summed E-state index contributed by atoms with van der Waals surface area (Å²) in [4.78, 5) is 11.3. The van der Waals surface area contributed by atoms with E-state index in [1.807, 2.05) is 6.07 Å². The van der Waals surface area contributed by atoms with Crippen molar-refractivity contribution < 1.29 is 9.90 Å². The Bertz CT molecular complexity index is 518. The fraction of sp³-hybridized carbons (Fsp3) is 0.267. The molecular formula is C15H18N2O2S. The number of nitriles is 1. The number of nitrogens with zero attached hydrogens (tertiary/aromatic N) is 1. The highest BCUT2D eigenvalue weighted by Crippen LogP contribution is 2.20. The van der Waals surface area contributed by atoms with Gasteiger partial charge in [0.15, 0.2) is 0 Å². The number of allylic oxidation sites excluding steroid dienone is 5. The molecule has 0 radical (unpaired) electrons. The Balaban J connectivity index is 4.85. The van der Waals surface area contributed by atoms with Gasteiger partial charge in [-0.1, -0.05) is 17.7 Å². The Morgan fingerprint density at radius 1 is 1.50 bits per heavy atom. The molecule has 0 atom stereocenters. The standard InChI is InChI=1S/C15H18N2O2S/c1-4-6-12(9-16)13(10-17)7-5-8-20-14(11(2)3)15(18)19/h4-5,7,9,16H,1,6,8H2,2-3H3,(H,18,19)/b7-5+,13-12+,16-9?. The van der Waals surface area contributed by atoms with E-state index in [4.69, 9.17) is 15.8 Å². The van der Waals surface area contributed by atoms with Crippen LogP contribution >= 0.6 is 11.8 Å². The van der Waals surface area contributed by atoms with Gasteiger partial charge in [-0.05, 0) is 31.9 Å². The number of hydrogen-bond donors (Lipinski definition) is 2. The summed E-state index contributed by atoms with van der Waals surface area (Å²) in [5.74, 6) is -0.483. The molecule has 0 bridgehead atoms. The topological polar surface area (TPSA) is 84.9 Å². The fourth-order valence-electron chi connectivity index (χ4n) is 1.34. The van der Waals surface area contributed by atoms with Crippen LogP contribution in [-0.2, 0) is 4.79 Å². The highest BCUT2D eigenvalue weighted by Gasteiger charge is 2.08. The molecule has 5 heteroatoms. The van der Waals surface area contributed by atoms with Crippen LogP contribution < -0.4 is 0 Å². The summed E-state index contributed by atoms with van der Waals surface area (Å²) in [7, 11) is 0. The molecule has 20 heavy (non-hydrogen) atoms. The van der Waals surface area contributed by atoms with Crippen molar-refractivity contribution in [3.05, 3.63) is 46.4 Å². The van der Waals surface area contributed by atoms with Gasteiger partial charge in [0.2, 0.25) is 0 Å². The molecule has 0 aliphatic heterocycles. The van der Waals surface area contributed by atoms with Crippen LogP contribution in [0, 0.1) is 16.7 Å². The molecule has 0 rings (SSSR count). The van der Waals surface area contributed by atoms with Crippen molar-refractivity contribution in [2.24, 2.45) is 0 Å². The summed E-state index contributed by atoms with van der Waals surface area (Å²) in [6.07, 6.45) is 6.56. The zero-order valence-electron chi connectivity index (χ0n) is 11.6. The van der Waals surface area contributed by atoms with Crippen molar-refractivity contribution in [2.75, 3.05) is 5.75 Å². The van der Waals surface area contributed by atoms with Gasteiger partial charge in [-0.3, -0.25) is 0 Å². The van der Waals surface area contributed by atoms with E-state index in [-0.39, 0.29) is 0 Å². The minimum Gasteiger partial charge on any atom is -0.477 e. The third-order valence-corrected chi connectivity index (χ3v) is 3.49. The number of aliphatic carboxylic acids is 1. The van der Waals surface area contributed by atoms with Crippen LogP contribution in [0.15, 0.2) is 46.4 Å². The third kappa shape index (κ3) is 6.21. The highest BCUT2D eigenvalue weighted by atomic mass is 32.2. The van der Waals surface area contributed by atoms with Crippen LogP contribution in [0.2, 0.25) is 0 Å². The number of hydrogen-bond acceptors (Lipinski definition) is 4. The van der Waals surface area contributed by atoms with Gasteiger partial charge in [-0.2, -0.15) is 5.26 Å². The minimum atomic E-state index is -0.939. The Labute approximate surface area is 123 Å². The normalized spacial score (nSPS) is 11.4. The van der Waals surface area contributed by atoms with Crippen LogP contribution in [-0.4, -0.2) is 23.0 Å². The molecule has 0 fully saturated rings. The van der Waals surface area contributed by atoms with Gasteiger partial charge in [0, 0.05) is 12.0 Å². The van der Waals surface area contributed by atoms with E-state index >= 15 is 0 Å². The van der Waals surface area contributed by atoms with Crippen molar-refractivity contribution in [3.8, 4) is 6.07 Å². The molecule has 0 aromatic carbocycles. The fourth-order valence-corrected chi connectivity index (χ4v) is 2.11. The third-order valence-electron chi connectivity index (χ3n) is 2.26. The lowest BCUT2D eigenvalue weighted by molar-refractivity contribution is -0.131. The Morgan fingerprint density at radius 3 is 2.55 bits per heavy atom. The van der Waals surface area contributed by atoms with E-state index in [2.05, 4.69) is 6.58 Å². The molecule has 0 heterocycles. The maximum atomic E-state index is 11.0. The summed E-state index contributed by atoms with van der Waals surface area (Å²) in [6.45, 7) is 7.07. The van der Waals surface area contributed by atoms with Crippen LogP contribution in [0.3, 0.4) is 0 Å². The second-order valence-electron chi connectivity index (χ2n) is 4.04. The Hall–Kier alpha value is -2.06. The van der Waals surface area contributed by atoms with Crippen molar-refractivity contribution in [3.63, 3.8) is 0 Å². The molecule has 4 nitrogen and oxygen atoms in total. The number of carboxylic acid groups (broad SMARTS) is 1. The van der Waals surface area contributed by atoms with Gasteiger partial charge >= 0.3 is 5.97 Å². The van der Waals surface area contributed by atoms with E-state index < -0.39 is 5.97 Å². The second-order valence-corrected chi connectivity index (χ2v) is 5.07. The average Bonchev–Trinajstić information content (AvgIpc) is 2.40. The number of carboxylic acids is 1. The molecule has 0 aromatic heterocycles. The maximum Gasteiger partial charge on any atom is 0.342 e. The van der Waals surface area contributed by atoms with Crippen LogP contribution in [0.1, 0.15) is 20.3 Å². The van der Waals surface area contributed by atoms with Gasteiger partial charge in [0.05, 0.1) is 16.5 Å². The molecule has 0 aromatic rings. The van der Waals surface area contributed by atoms with Crippen molar-refractivity contribution in [2.45, 2.75) is 20.3 Å². The molecule has 106 valence electrons. The zero-order valence-corrected chi connectivity index (χ0v) is 12.5. The van der Waals surface area contributed by atoms with Crippen molar-refractivity contribution in [1.82, 2.24) is 0 Å². The highest BCUT2D eigenvalue weighted by molar-refractivity contribution is 8.04. The SMILES string of the molecule is C=CC/C(C=N)=C(C#N)/C=C/CSC(C(=O)O)=C(C)C. The number of thioether (sulfide) groups is 1. The predicted octanol–water partition coefficient (Wildman–Crippen LogP) is 3.70. The quantitative estimate of drug-likeness (QED) is 0.235. The van der Waals surface area contributed by atoms with E-state index in [0.717, 1.165) is 11.8 Å². The van der Waals surface area contributed by atoms with Gasteiger partial charge in [-0.25, -0.2) is 4.79 Å². The summed E-state index contributed by atoms with van der Waals surface area (Å²) in [6, 6.07) is 2.03. The molecule has 0 saturated carbocycles. The second kappa shape index (κ2) is 9.82. The molecule has 0 aliphatic rings. The molecule has 0 saturated heterocycles. The van der Waals surface area contributed by atoms with Gasteiger partial charge in [-0.15, -0.1) is 18.3 Å². The smallest absolute Gasteiger partial charge is 0.342 e. The van der Waals surface area contributed by atoms with Crippen molar-refractivity contribution >= 4 is 23.9 Å². The Kier molecular flexibility index (Phi) is 8.80. The number of carbonyl (C=O) groups is 1. The lowest BCUT2D eigenvalue weighted by atomic mass is 10.1. The van der Waals surface area contributed by atoms with E-state index in [1.165, 1.54) is 11.8 Å². The lowest BCUT2D eigenvalue weighted by Crippen LogP contribution is -1.99. The largest absolute Gasteiger partial charge is 0.477 e. The summed E-state index contributed by atoms with van der Waals surface area (Å²) in [5.41, 5.74) is 1.73. The zero-order chi connectivity index (χ0) is 15.5. The first-order valence-electron chi connectivity index (χ1n) is 5.92. The predicted molar refractivity (Wildman–Crippen MR) is 83.8 cm³/mol. The molecule has 0 aliphatic carbocycles. The average molecular weight is 290 g/mol. The number of rotatable bonds is 8.